The smallest absolute Gasteiger partial charge is 0.230 e. The first kappa shape index (κ1) is 17.9. The van der Waals surface area contributed by atoms with Crippen LogP contribution in [0.25, 0.3) is 0 Å². The molecule has 1 aliphatic carbocycles. The average Bonchev–Trinajstić information content (AvgIpc) is 3.32. The van der Waals surface area contributed by atoms with E-state index in [4.69, 9.17) is 0 Å². The van der Waals surface area contributed by atoms with Crippen molar-refractivity contribution in [2.45, 2.75) is 31.6 Å². The Balaban J connectivity index is 1.66. The van der Waals surface area contributed by atoms with Crippen LogP contribution in [0.1, 0.15) is 37.2 Å². The monoisotopic (exact) mass is 347 g/mol. The summed E-state index contributed by atoms with van der Waals surface area (Å²) in [7, 11) is 5.48. The van der Waals surface area contributed by atoms with Crippen molar-refractivity contribution in [1.82, 2.24) is 25.3 Å². The summed E-state index contributed by atoms with van der Waals surface area (Å²) < 4.78 is 1.77. The minimum atomic E-state index is -0.422. The molecular formula is C18H29N5O2. The van der Waals surface area contributed by atoms with Gasteiger partial charge in [0.2, 0.25) is 11.8 Å². The predicted octanol–water partition coefficient (Wildman–Crippen LogP) is 0.488. The molecule has 0 aromatic carbocycles. The highest BCUT2D eigenvalue weighted by Gasteiger charge is 2.43. The van der Waals surface area contributed by atoms with Crippen LogP contribution in [-0.2, 0) is 16.6 Å². The fraction of sp³-hybridized carbons (Fsp3) is 0.722. The van der Waals surface area contributed by atoms with Gasteiger partial charge in [-0.15, -0.1) is 0 Å². The molecule has 2 atom stereocenters. The highest BCUT2D eigenvalue weighted by molar-refractivity contribution is 5.85. The average molecular weight is 347 g/mol. The quantitative estimate of drug-likeness (QED) is 0.812. The number of nitrogens with zero attached hydrogens (tertiary/aromatic N) is 3. The first-order chi connectivity index (χ1) is 11.9. The molecule has 2 fully saturated rings. The van der Waals surface area contributed by atoms with Crippen LogP contribution in [0.15, 0.2) is 12.4 Å². The molecule has 0 radical (unpaired) electrons. The molecule has 1 saturated heterocycles. The van der Waals surface area contributed by atoms with Crippen LogP contribution in [0.4, 0.5) is 0 Å². The Kier molecular flexibility index (Phi) is 5.13. The molecule has 1 aromatic rings. The number of aryl methyl sites for hydroxylation is 1. The number of hydrogen-bond acceptors (Lipinski definition) is 4. The summed E-state index contributed by atoms with van der Waals surface area (Å²) in [4.78, 5) is 27.1. The van der Waals surface area contributed by atoms with Gasteiger partial charge in [0.25, 0.3) is 0 Å². The zero-order chi connectivity index (χ0) is 18.0. The summed E-state index contributed by atoms with van der Waals surface area (Å²) in [6.07, 6.45) is 7.65. The maximum Gasteiger partial charge on any atom is 0.230 e. The summed E-state index contributed by atoms with van der Waals surface area (Å²) in [5.41, 5.74) is 0.669. The first-order valence-electron chi connectivity index (χ1n) is 9.12. The normalized spacial score (nSPS) is 25.1. The van der Waals surface area contributed by atoms with E-state index in [9.17, 15) is 9.59 Å². The molecule has 0 spiro atoms. The third kappa shape index (κ3) is 3.56. The zero-order valence-electron chi connectivity index (χ0n) is 15.4. The van der Waals surface area contributed by atoms with Crippen molar-refractivity contribution < 1.29 is 9.59 Å². The van der Waals surface area contributed by atoms with Gasteiger partial charge in [-0.2, -0.15) is 5.10 Å². The SMILES string of the molecule is CN(C)C(=O)C1(CNC(=O)[C@H]2CNC[C@@H]2c2cnn(C)c2)CCCC1. The topological polar surface area (TPSA) is 79.3 Å². The maximum atomic E-state index is 12.8. The Morgan fingerprint density at radius 3 is 2.68 bits per heavy atom. The van der Waals surface area contributed by atoms with Gasteiger partial charge in [-0.05, 0) is 18.4 Å². The third-order valence-corrected chi connectivity index (χ3v) is 5.73. The van der Waals surface area contributed by atoms with Crippen LogP contribution in [0.2, 0.25) is 0 Å². The number of rotatable bonds is 5. The summed E-state index contributed by atoms with van der Waals surface area (Å²) in [6, 6.07) is 0. The maximum absolute atomic E-state index is 12.8. The number of carbonyl (C=O) groups is 2. The largest absolute Gasteiger partial charge is 0.355 e. The molecule has 1 aliphatic heterocycles. The van der Waals surface area contributed by atoms with E-state index in [1.54, 1.807) is 23.7 Å². The molecule has 3 rings (SSSR count). The molecule has 1 saturated carbocycles. The highest BCUT2D eigenvalue weighted by atomic mass is 16.2. The zero-order valence-corrected chi connectivity index (χ0v) is 15.4. The van der Waals surface area contributed by atoms with Gasteiger partial charge in [0, 0.05) is 52.9 Å². The molecule has 25 heavy (non-hydrogen) atoms. The number of amides is 2. The molecule has 138 valence electrons. The summed E-state index contributed by atoms with van der Waals surface area (Å²) in [5.74, 6) is 0.199. The van der Waals surface area contributed by atoms with E-state index >= 15 is 0 Å². The van der Waals surface area contributed by atoms with Crippen molar-refractivity contribution in [2.75, 3.05) is 33.7 Å². The summed E-state index contributed by atoms with van der Waals surface area (Å²) in [5, 5.41) is 10.6. The molecule has 2 N–H and O–H groups in total. The first-order valence-corrected chi connectivity index (χ1v) is 9.12. The van der Waals surface area contributed by atoms with Gasteiger partial charge in [-0.3, -0.25) is 14.3 Å². The van der Waals surface area contributed by atoms with Gasteiger partial charge in [0.05, 0.1) is 17.5 Å². The number of hydrogen-bond donors (Lipinski definition) is 2. The Morgan fingerprint density at radius 1 is 1.36 bits per heavy atom. The Hall–Kier alpha value is -1.89. The second-order valence-electron chi connectivity index (χ2n) is 7.72. The van der Waals surface area contributed by atoms with Crippen molar-refractivity contribution in [3.8, 4) is 0 Å². The fourth-order valence-corrected chi connectivity index (χ4v) is 4.32. The van der Waals surface area contributed by atoms with Gasteiger partial charge >= 0.3 is 0 Å². The molecule has 1 aromatic heterocycles. The highest BCUT2D eigenvalue weighted by Crippen LogP contribution is 2.39. The van der Waals surface area contributed by atoms with E-state index in [1.807, 2.05) is 19.4 Å². The fourth-order valence-electron chi connectivity index (χ4n) is 4.32. The van der Waals surface area contributed by atoms with Crippen LogP contribution in [0, 0.1) is 11.3 Å². The summed E-state index contributed by atoms with van der Waals surface area (Å²) in [6.45, 7) is 1.89. The van der Waals surface area contributed by atoms with Gasteiger partial charge in [-0.1, -0.05) is 12.8 Å². The lowest BCUT2D eigenvalue weighted by Crippen LogP contribution is -2.48. The van der Waals surface area contributed by atoms with Gasteiger partial charge < -0.3 is 15.5 Å². The Morgan fingerprint density at radius 2 is 2.08 bits per heavy atom. The predicted molar refractivity (Wildman–Crippen MR) is 94.9 cm³/mol. The minimum absolute atomic E-state index is 0.0386. The molecule has 2 aliphatic rings. The van der Waals surface area contributed by atoms with E-state index in [0.29, 0.717) is 13.1 Å². The van der Waals surface area contributed by atoms with Crippen molar-refractivity contribution in [2.24, 2.45) is 18.4 Å². The van der Waals surface area contributed by atoms with Gasteiger partial charge in [0.15, 0.2) is 0 Å². The van der Waals surface area contributed by atoms with Crippen LogP contribution in [0.3, 0.4) is 0 Å². The number of aromatic nitrogens is 2. The second-order valence-corrected chi connectivity index (χ2v) is 7.72. The van der Waals surface area contributed by atoms with Gasteiger partial charge in [-0.25, -0.2) is 0 Å². The lowest BCUT2D eigenvalue weighted by atomic mass is 9.84. The standard InChI is InChI=1S/C18H29N5O2/c1-22(2)17(25)18(6-4-5-7-18)12-20-16(24)15-10-19-9-14(15)13-8-21-23(3)11-13/h8,11,14-15,19H,4-7,9-10,12H2,1-3H3,(H,20,24)/t14-,15+/m1/s1. The molecule has 0 bridgehead atoms. The number of nitrogens with one attached hydrogen (secondary N) is 2. The van der Waals surface area contributed by atoms with E-state index in [-0.39, 0.29) is 23.7 Å². The Bertz CT molecular complexity index is 633. The molecule has 2 heterocycles. The van der Waals surface area contributed by atoms with E-state index in [1.165, 1.54) is 0 Å². The molecular weight excluding hydrogens is 318 g/mol. The van der Waals surface area contributed by atoms with E-state index in [2.05, 4.69) is 15.7 Å². The third-order valence-electron chi connectivity index (χ3n) is 5.73. The van der Waals surface area contributed by atoms with Crippen molar-refractivity contribution >= 4 is 11.8 Å². The molecule has 7 nitrogen and oxygen atoms in total. The van der Waals surface area contributed by atoms with Crippen LogP contribution in [-0.4, -0.2) is 60.2 Å². The van der Waals surface area contributed by atoms with Crippen molar-refractivity contribution in [3.05, 3.63) is 18.0 Å². The van der Waals surface area contributed by atoms with Crippen molar-refractivity contribution in [1.29, 1.82) is 0 Å². The lowest BCUT2D eigenvalue weighted by Gasteiger charge is -2.31. The molecule has 7 heteroatoms. The minimum Gasteiger partial charge on any atom is -0.355 e. The van der Waals surface area contributed by atoms with E-state index < -0.39 is 5.41 Å². The summed E-state index contributed by atoms with van der Waals surface area (Å²) >= 11 is 0. The van der Waals surface area contributed by atoms with Crippen LogP contribution < -0.4 is 10.6 Å². The Labute approximate surface area is 149 Å². The lowest BCUT2D eigenvalue weighted by molar-refractivity contribution is -0.139. The van der Waals surface area contributed by atoms with Gasteiger partial charge in [0.1, 0.15) is 0 Å². The molecule has 2 amide bonds. The van der Waals surface area contributed by atoms with Crippen molar-refractivity contribution in [3.63, 3.8) is 0 Å². The van der Waals surface area contributed by atoms with E-state index in [0.717, 1.165) is 37.8 Å². The second kappa shape index (κ2) is 7.15. The number of carbonyl (C=O) groups excluding carboxylic acids is 2. The van der Waals surface area contributed by atoms with Crippen LogP contribution in [0.5, 0.6) is 0 Å². The molecule has 0 unspecified atom stereocenters. The van der Waals surface area contributed by atoms with Crippen LogP contribution >= 0.6 is 0 Å².